The molecule has 3 rings (SSSR count). The van der Waals surface area contributed by atoms with Crippen LogP contribution < -0.4 is 4.90 Å². The van der Waals surface area contributed by atoms with Crippen molar-refractivity contribution >= 4 is 29.0 Å². The molecule has 0 aliphatic carbocycles. The molecule has 0 spiro atoms. The average molecular weight is 438 g/mol. The number of ketones is 1. The molecule has 1 aliphatic rings. The number of amides is 2. The van der Waals surface area contributed by atoms with E-state index < -0.39 is 10.7 Å². The molecule has 168 valence electrons. The Balaban J connectivity index is 1.88. The molecule has 0 saturated carbocycles. The van der Waals surface area contributed by atoms with Gasteiger partial charge in [0.15, 0.2) is 5.78 Å². The lowest BCUT2D eigenvalue weighted by atomic mass is 9.96. The van der Waals surface area contributed by atoms with Gasteiger partial charge in [-0.3, -0.25) is 24.5 Å². The van der Waals surface area contributed by atoms with Gasteiger partial charge in [0.05, 0.1) is 10.5 Å². The zero-order valence-corrected chi connectivity index (χ0v) is 18.4. The lowest BCUT2D eigenvalue weighted by Gasteiger charge is -2.35. The topological polar surface area (TPSA) is 104 Å². The van der Waals surface area contributed by atoms with Crippen molar-refractivity contribution < 1.29 is 19.3 Å². The summed E-state index contributed by atoms with van der Waals surface area (Å²) in [5.74, 6) is -0.699. The largest absolute Gasteiger partial charge is 0.372 e. The number of nitro groups is 1. The standard InChI is InChI=1S/C23H26N4O5/c1-4-21(28)25-11-13-26(14-12-25)23(30)18-8-6-5-7-17(18)22(29)16-9-10-19(24(2)3)20(15-16)27(31)32/h5-10,15H,4,11-14H2,1-3H3. The van der Waals surface area contributed by atoms with Gasteiger partial charge in [0.1, 0.15) is 5.69 Å². The summed E-state index contributed by atoms with van der Waals surface area (Å²) in [5, 5.41) is 11.5. The van der Waals surface area contributed by atoms with Crippen molar-refractivity contribution in [2.24, 2.45) is 0 Å². The molecule has 0 unspecified atom stereocenters. The van der Waals surface area contributed by atoms with Crippen LogP contribution in [0.25, 0.3) is 0 Å². The van der Waals surface area contributed by atoms with Gasteiger partial charge in [-0.05, 0) is 18.2 Å². The minimum Gasteiger partial charge on any atom is -0.372 e. The first kappa shape index (κ1) is 22.9. The molecule has 32 heavy (non-hydrogen) atoms. The SMILES string of the molecule is CCC(=O)N1CCN(C(=O)c2ccccc2C(=O)c2ccc(N(C)C)c([N+](=O)[O-])c2)CC1. The van der Waals surface area contributed by atoms with Crippen LogP contribution in [0.5, 0.6) is 0 Å². The van der Waals surface area contributed by atoms with Crippen LogP contribution >= 0.6 is 0 Å². The quantitative estimate of drug-likeness (QED) is 0.390. The molecule has 2 amide bonds. The van der Waals surface area contributed by atoms with Crippen molar-refractivity contribution in [3.05, 3.63) is 69.3 Å². The number of nitrogens with zero attached hydrogens (tertiary/aromatic N) is 4. The molecular weight excluding hydrogens is 412 g/mol. The summed E-state index contributed by atoms with van der Waals surface area (Å²) < 4.78 is 0. The lowest BCUT2D eigenvalue weighted by molar-refractivity contribution is -0.384. The van der Waals surface area contributed by atoms with Crippen molar-refractivity contribution in [1.82, 2.24) is 9.80 Å². The highest BCUT2D eigenvalue weighted by atomic mass is 16.6. The molecule has 9 heteroatoms. The minimum atomic E-state index is -0.528. The second-order valence-corrected chi connectivity index (χ2v) is 7.76. The molecule has 0 radical (unpaired) electrons. The normalized spacial score (nSPS) is 13.6. The maximum atomic E-state index is 13.2. The maximum Gasteiger partial charge on any atom is 0.293 e. The molecule has 2 aromatic carbocycles. The smallest absolute Gasteiger partial charge is 0.293 e. The van der Waals surface area contributed by atoms with Crippen molar-refractivity contribution in [3.63, 3.8) is 0 Å². The second-order valence-electron chi connectivity index (χ2n) is 7.76. The van der Waals surface area contributed by atoms with Crippen LogP contribution in [-0.4, -0.2) is 72.6 Å². The number of carbonyl (C=O) groups is 3. The highest BCUT2D eigenvalue weighted by molar-refractivity contribution is 6.15. The van der Waals surface area contributed by atoms with Crippen molar-refractivity contribution in [2.75, 3.05) is 45.2 Å². The Bertz CT molecular complexity index is 1060. The number of carbonyl (C=O) groups excluding carboxylic acids is 3. The van der Waals surface area contributed by atoms with Crippen LogP contribution in [0.3, 0.4) is 0 Å². The fraction of sp³-hybridized carbons (Fsp3) is 0.348. The monoisotopic (exact) mass is 438 g/mol. The predicted molar refractivity (Wildman–Crippen MR) is 120 cm³/mol. The van der Waals surface area contributed by atoms with E-state index >= 15 is 0 Å². The fourth-order valence-electron chi connectivity index (χ4n) is 3.77. The third kappa shape index (κ3) is 4.61. The molecule has 0 aromatic heterocycles. The van der Waals surface area contributed by atoms with E-state index in [1.165, 1.54) is 18.2 Å². The lowest BCUT2D eigenvalue weighted by Crippen LogP contribution is -2.50. The van der Waals surface area contributed by atoms with Gasteiger partial charge >= 0.3 is 0 Å². The summed E-state index contributed by atoms with van der Waals surface area (Å²) in [6, 6.07) is 10.8. The molecule has 1 heterocycles. The zero-order valence-electron chi connectivity index (χ0n) is 18.4. The van der Waals surface area contributed by atoms with Gasteiger partial charge < -0.3 is 14.7 Å². The number of anilines is 1. The minimum absolute atomic E-state index is 0.0513. The molecule has 0 bridgehead atoms. The van der Waals surface area contributed by atoms with E-state index in [9.17, 15) is 24.5 Å². The van der Waals surface area contributed by atoms with Crippen LogP contribution in [0.4, 0.5) is 11.4 Å². The summed E-state index contributed by atoms with van der Waals surface area (Å²) in [5.41, 5.74) is 0.779. The fourth-order valence-corrected chi connectivity index (χ4v) is 3.77. The van der Waals surface area contributed by atoms with Crippen molar-refractivity contribution in [1.29, 1.82) is 0 Å². The van der Waals surface area contributed by atoms with E-state index in [1.54, 1.807) is 60.0 Å². The number of rotatable bonds is 6. The Morgan fingerprint density at radius 1 is 0.969 bits per heavy atom. The van der Waals surface area contributed by atoms with Crippen LogP contribution in [0.2, 0.25) is 0 Å². The zero-order chi connectivity index (χ0) is 23.4. The van der Waals surface area contributed by atoms with E-state index in [2.05, 4.69) is 0 Å². The highest BCUT2D eigenvalue weighted by Crippen LogP contribution is 2.29. The number of piperazine rings is 1. The molecule has 0 atom stereocenters. The van der Waals surface area contributed by atoms with Gasteiger partial charge in [0.25, 0.3) is 11.6 Å². The molecule has 1 saturated heterocycles. The Hall–Kier alpha value is -3.75. The van der Waals surface area contributed by atoms with E-state index in [1.807, 2.05) is 0 Å². The molecule has 0 N–H and O–H groups in total. The van der Waals surface area contributed by atoms with Crippen molar-refractivity contribution in [2.45, 2.75) is 13.3 Å². The summed E-state index contributed by atoms with van der Waals surface area (Å²) in [7, 11) is 3.37. The molecule has 2 aromatic rings. The van der Waals surface area contributed by atoms with Gasteiger partial charge in [-0.25, -0.2) is 0 Å². The third-order valence-electron chi connectivity index (χ3n) is 5.54. The van der Waals surface area contributed by atoms with Crippen LogP contribution in [-0.2, 0) is 4.79 Å². The summed E-state index contributed by atoms with van der Waals surface area (Å²) >= 11 is 0. The average Bonchev–Trinajstić information content (AvgIpc) is 2.82. The Labute approximate surface area is 186 Å². The first-order valence-electron chi connectivity index (χ1n) is 10.4. The van der Waals surface area contributed by atoms with Crippen LogP contribution in [0.15, 0.2) is 42.5 Å². The molecular formula is C23H26N4O5. The first-order chi connectivity index (χ1) is 15.2. The first-order valence-corrected chi connectivity index (χ1v) is 10.4. The van der Waals surface area contributed by atoms with Gasteiger partial charge in [0, 0.05) is 63.9 Å². The van der Waals surface area contributed by atoms with Crippen LogP contribution in [0, 0.1) is 10.1 Å². The maximum absolute atomic E-state index is 13.2. The number of hydrogen-bond donors (Lipinski definition) is 0. The second kappa shape index (κ2) is 9.59. The highest BCUT2D eigenvalue weighted by Gasteiger charge is 2.28. The summed E-state index contributed by atoms with van der Waals surface area (Å²) in [6.07, 6.45) is 0.421. The Morgan fingerprint density at radius 2 is 1.56 bits per heavy atom. The number of benzene rings is 2. The molecule has 1 aliphatic heterocycles. The number of nitro benzene ring substituents is 1. The van der Waals surface area contributed by atoms with Gasteiger partial charge in [0.2, 0.25) is 5.91 Å². The summed E-state index contributed by atoms with van der Waals surface area (Å²) in [6.45, 7) is 3.47. The van der Waals surface area contributed by atoms with Gasteiger partial charge in [-0.1, -0.05) is 25.1 Å². The van der Waals surface area contributed by atoms with Crippen molar-refractivity contribution in [3.8, 4) is 0 Å². The summed E-state index contributed by atoms with van der Waals surface area (Å²) in [4.78, 5) is 54.2. The Kier molecular flexibility index (Phi) is 6.87. The van der Waals surface area contributed by atoms with E-state index in [4.69, 9.17) is 0 Å². The van der Waals surface area contributed by atoms with E-state index in [-0.39, 0.29) is 34.2 Å². The number of hydrogen-bond acceptors (Lipinski definition) is 6. The molecule has 1 fully saturated rings. The van der Waals surface area contributed by atoms with Gasteiger partial charge in [-0.2, -0.15) is 0 Å². The van der Waals surface area contributed by atoms with Crippen LogP contribution in [0.1, 0.15) is 39.6 Å². The van der Waals surface area contributed by atoms with Gasteiger partial charge in [-0.15, -0.1) is 0 Å². The van der Waals surface area contributed by atoms with E-state index in [0.717, 1.165) is 0 Å². The predicted octanol–water partition coefficient (Wildman–Crippen LogP) is 2.59. The third-order valence-corrected chi connectivity index (χ3v) is 5.54. The van der Waals surface area contributed by atoms with E-state index in [0.29, 0.717) is 38.3 Å². The Morgan fingerprint density at radius 3 is 2.12 bits per heavy atom. The molecule has 9 nitrogen and oxygen atoms in total.